The van der Waals surface area contributed by atoms with Gasteiger partial charge >= 0.3 is 0 Å². The zero-order valence-corrected chi connectivity index (χ0v) is 20.3. The molecule has 0 bridgehead atoms. The highest BCUT2D eigenvalue weighted by molar-refractivity contribution is 14.1. The van der Waals surface area contributed by atoms with Crippen molar-refractivity contribution in [2.45, 2.75) is 6.92 Å². The van der Waals surface area contributed by atoms with Gasteiger partial charge in [-0.3, -0.25) is 4.79 Å². The smallest absolute Gasteiger partial charge is 0.277 e. The standard InChI is InChI=1S/C16H12Br2I2N2O3/c1-8-2-10(17)16(11(18)3-8)25-7-14(23)22-21-6-9-4-12(19)15(24)13(20)5-9/h2-6,24H,7H2,1H3,(H,22,23)/b21-6-. The van der Waals surface area contributed by atoms with Gasteiger partial charge in [0, 0.05) is 0 Å². The lowest BCUT2D eigenvalue weighted by atomic mass is 10.2. The Morgan fingerprint density at radius 2 is 1.80 bits per heavy atom. The number of benzene rings is 2. The van der Waals surface area contributed by atoms with E-state index in [-0.39, 0.29) is 18.3 Å². The van der Waals surface area contributed by atoms with Gasteiger partial charge in [0.25, 0.3) is 5.91 Å². The number of hydrogen-bond acceptors (Lipinski definition) is 4. The van der Waals surface area contributed by atoms with Crippen LogP contribution in [0.5, 0.6) is 11.5 Å². The maximum absolute atomic E-state index is 11.9. The summed E-state index contributed by atoms with van der Waals surface area (Å²) in [5.74, 6) is 0.427. The Bertz CT molecular complexity index is 798. The second-order valence-electron chi connectivity index (χ2n) is 4.97. The molecule has 9 heteroatoms. The minimum atomic E-state index is -0.376. The Morgan fingerprint density at radius 3 is 2.36 bits per heavy atom. The van der Waals surface area contributed by atoms with Crippen molar-refractivity contribution in [2.75, 3.05) is 6.61 Å². The number of aromatic hydroxyl groups is 1. The van der Waals surface area contributed by atoms with Gasteiger partial charge in [-0.05, 0) is 119 Å². The van der Waals surface area contributed by atoms with Crippen LogP contribution in [0, 0.1) is 14.1 Å². The summed E-state index contributed by atoms with van der Waals surface area (Å²) in [4.78, 5) is 11.9. The molecule has 0 spiro atoms. The SMILES string of the molecule is Cc1cc(Br)c(OCC(=O)N/N=C\c2cc(I)c(O)c(I)c2)c(Br)c1. The van der Waals surface area contributed by atoms with Crippen molar-refractivity contribution in [3.05, 3.63) is 51.5 Å². The van der Waals surface area contributed by atoms with E-state index in [2.05, 4.69) is 42.4 Å². The molecule has 2 rings (SSSR count). The number of halogens is 4. The molecule has 0 saturated heterocycles. The number of phenols is 1. The van der Waals surface area contributed by atoms with Crippen LogP contribution in [-0.2, 0) is 4.79 Å². The fourth-order valence-electron chi connectivity index (χ4n) is 1.83. The first kappa shape index (κ1) is 20.9. The number of ether oxygens (including phenoxy) is 1. The lowest BCUT2D eigenvalue weighted by molar-refractivity contribution is -0.123. The number of hydrogen-bond donors (Lipinski definition) is 2. The first-order chi connectivity index (χ1) is 11.8. The lowest BCUT2D eigenvalue weighted by Gasteiger charge is -2.10. The molecule has 132 valence electrons. The molecular formula is C16H12Br2I2N2O3. The predicted octanol–water partition coefficient (Wildman–Crippen LogP) is 4.96. The normalized spacial score (nSPS) is 10.9. The van der Waals surface area contributed by atoms with Crippen LogP contribution in [0.3, 0.4) is 0 Å². The van der Waals surface area contributed by atoms with Crippen LogP contribution in [0.1, 0.15) is 11.1 Å². The van der Waals surface area contributed by atoms with Gasteiger partial charge in [0.15, 0.2) is 6.61 Å². The third-order valence-electron chi connectivity index (χ3n) is 2.93. The molecule has 0 radical (unpaired) electrons. The van der Waals surface area contributed by atoms with Gasteiger partial charge < -0.3 is 9.84 Å². The minimum absolute atomic E-state index is 0.164. The summed E-state index contributed by atoms with van der Waals surface area (Å²) < 4.78 is 8.50. The molecule has 0 aliphatic heterocycles. The summed E-state index contributed by atoms with van der Waals surface area (Å²) in [5, 5.41) is 13.6. The van der Waals surface area contributed by atoms with E-state index in [1.165, 1.54) is 6.21 Å². The van der Waals surface area contributed by atoms with E-state index in [0.29, 0.717) is 5.75 Å². The molecule has 0 aromatic heterocycles. The average molecular weight is 694 g/mol. The van der Waals surface area contributed by atoms with E-state index in [1.807, 2.05) is 64.2 Å². The van der Waals surface area contributed by atoms with Crippen LogP contribution in [0.2, 0.25) is 0 Å². The molecule has 2 aromatic carbocycles. The van der Waals surface area contributed by atoms with Crippen molar-refractivity contribution in [2.24, 2.45) is 5.10 Å². The number of aryl methyl sites for hydroxylation is 1. The van der Waals surface area contributed by atoms with Gasteiger partial charge in [-0.1, -0.05) is 0 Å². The lowest BCUT2D eigenvalue weighted by Crippen LogP contribution is -2.24. The number of nitrogens with zero attached hydrogens (tertiary/aromatic N) is 1. The van der Waals surface area contributed by atoms with Gasteiger partial charge in [-0.2, -0.15) is 5.10 Å². The molecule has 0 saturated carbocycles. The number of carbonyl (C=O) groups excluding carboxylic acids is 1. The molecule has 0 unspecified atom stereocenters. The number of nitrogens with one attached hydrogen (secondary N) is 1. The van der Waals surface area contributed by atoms with Crippen LogP contribution in [0.25, 0.3) is 0 Å². The molecule has 0 atom stereocenters. The molecule has 2 aromatic rings. The number of carbonyl (C=O) groups is 1. The number of amides is 1. The van der Waals surface area contributed by atoms with Crippen LogP contribution < -0.4 is 10.2 Å². The predicted molar refractivity (Wildman–Crippen MR) is 121 cm³/mol. The Kier molecular flexibility index (Phi) is 7.95. The van der Waals surface area contributed by atoms with Crippen molar-refractivity contribution < 1.29 is 14.6 Å². The summed E-state index contributed by atoms with van der Waals surface area (Å²) in [6.07, 6.45) is 1.51. The van der Waals surface area contributed by atoms with Crippen LogP contribution in [0.4, 0.5) is 0 Å². The molecule has 5 nitrogen and oxygen atoms in total. The third-order valence-corrected chi connectivity index (χ3v) is 5.76. The van der Waals surface area contributed by atoms with Gasteiger partial charge in [-0.25, -0.2) is 5.43 Å². The van der Waals surface area contributed by atoms with Gasteiger partial charge in [0.05, 0.1) is 22.3 Å². The van der Waals surface area contributed by atoms with Gasteiger partial charge in [-0.15, -0.1) is 0 Å². The van der Waals surface area contributed by atoms with Crippen molar-refractivity contribution in [1.82, 2.24) is 5.43 Å². The fraction of sp³-hybridized carbons (Fsp3) is 0.125. The summed E-state index contributed by atoms with van der Waals surface area (Å²) in [5.41, 5.74) is 4.26. The zero-order valence-electron chi connectivity index (χ0n) is 12.8. The molecule has 2 N–H and O–H groups in total. The maximum atomic E-state index is 11.9. The molecule has 0 aliphatic rings. The molecule has 0 heterocycles. The Hall–Kier alpha value is -0.400. The van der Waals surface area contributed by atoms with E-state index in [9.17, 15) is 9.90 Å². The highest BCUT2D eigenvalue weighted by Crippen LogP contribution is 2.34. The van der Waals surface area contributed by atoms with Crippen LogP contribution in [0.15, 0.2) is 38.3 Å². The monoisotopic (exact) mass is 692 g/mol. The first-order valence-corrected chi connectivity index (χ1v) is 10.6. The van der Waals surface area contributed by atoms with E-state index in [0.717, 1.165) is 27.2 Å². The van der Waals surface area contributed by atoms with E-state index >= 15 is 0 Å². The van der Waals surface area contributed by atoms with Crippen molar-refractivity contribution in [3.8, 4) is 11.5 Å². The average Bonchev–Trinajstić information content (AvgIpc) is 2.51. The summed E-state index contributed by atoms with van der Waals surface area (Å²) >= 11 is 10.9. The summed E-state index contributed by atoms with van der Waals surface area (Å²) in [6.45, 7) is 1.80. The second-order valence-corrected chi connectivity index (χ2v) is 9.01. The van der Waals surface area contributed by atoms with Gasteiger partial charge in [0.2, 0.25) is 0 Å². The number of phenolic OH excluding ortho intramolecular Hbond substituents is 1. The molecule has 0 aliphatic carbocycles. The van der Waals surface area contributed by atoms with Crippen molar-refractivity contribution in [3.63, 3.8) is 0 Å². The first-order valence-electron chi connectivity index (χ1n) is 6.86. The summed E-state index contributed by atoms with van der Waals surface area (Å²) in [7, 11) is 0. The topological polar surface area (TPSA) is 70.9 Å². The van der Waals surface area contributed by atoms with E-state index in [4.69, 9.17) is 4.74 Å². The third kappa shape index (κ3) is 6.07. The van der Waals surface area contributed by atoms with Crippen LogP contribution >= 0.6 is 77.0 Å². The Labute approximate surface area is 189 Å². The quantitative estimate of drug-likeness (QED) is 0.264. The molecule has 25 heavy (non-hydrogen) atoms. The van der Waals surface area contributed by atoms with Crippen molar-refractivity contribution >= 4 is 89.2 Å². The number of rotatable bonds is 5. The summed E-state index contributed by atoms with van der Waals surface area (Å²) in [6, 6.07) is 7.35. The minimum Gasteiger partial charge on any atom is -0.506 e. The highest BCUT2D eigenvalue weighted by atomic mass is 127. The molecule has 1 amide bonds. The fourth-order valence-corrected chi connectivity index (χ4v) is 5.29. The zero-order chi connectivity index (χ0) is 18.6. The van der Waals surface area contributed by atoms with Crippen molar-refractivity contribution in [1.29, 1.82) is 0 Å². The second kappa shape index (κ2) is 9.51. The van der Waals surface area contributed by atoms with Gasteiger partial charge in [0.1, 0.15) is 11.5 Å². The Morgan fingerprint density at radius 1 is 1.24 bits per heavy atom. The number of hydrazone groups is 1. The van der Waals surface area contributed by atoms with E-state index in [1.54, 1.807) is 12.1 Å². The Balaban J connectivity index is 1.93. The maximum Gasteiger partial charge on any atom is 0.277 e. The highest BCUT2D eigenvalue weighted by Gasteiger charge is 2.10. The van der Waals surface area contributed by atoms with Crippen LogP contribution in [-0.4, -0.2) is 23.8 Å². The molecule has 0 fully saturated rings. The van der Waals surface area contributed by atoms with E-state index < -0.39 is 0 Å². The molecular weight excluding hydrogens is 682 g/mol. The largest absolute Gasteiger partial charge is 0.506 e.